The number of nitriles is 1. The van der Waals surface area contributed by atoms with Gasteiger partial charge in [0.25, 0.3) is 0 Å². The third kappa shape index (κ3) is 3.55. The average Bonchev–Trinajstić information content (AvgIpc) is 2.47. The highest BCUT2D eigenvalue weighted by Gasteiger charge is 2.31. The zero-order chi connectivity index (χ0) is 16.3. The number of hydrogen-bond donors (Lipinski definition) is 2. The molecule has 0 unspecified atom stereocenters. The summed E-state index contributed by atoms with van der Waals surface area (Å²) >= 11 is 13.2. The van der Waals surface area contributed by atoms with E-state index >= 15 is 0 Å². The number of nitrogens with two attached hydrogens (primary N) is 1. The van der Waals surface area contributed by atoms with Crippen LogP contribution in [-0.4, -0.2) is 17.6 Å². The standard InChI is InChI=1S/C14H11Cl2N3O2S/c15-10-3-1-2-7(13(10)16)8-4-12(21)19-14(9(8)5-17)22-6-11(18)20/h1-3,8H,4,6H2,(H2,18,20)(H,19,21)/t8-/m1/s1. The Bertz CT molecular complexity index is 713. The van der Waals surface area contributed by atoms with Crippen LogP contribution in [0, 0.1) is 11.3 Å². The van der Waals surface area contributed by atoms with Crippen molar-refractivity contribution in [3.63, 3.8) is 0 Å². The summed E-state index contributed by atoms with van der Waals surface area (Å²) in [5, 5.41) is 13.0. The number of carbonyl (C=O) groups excluding carboxylic acids is 2. The van der Waals surface area contributed by atoms with Gasteiger partial charge in [-0.25, -0.2) is 0 Å². The second kappa shape index (κ2) is 7.05. The lowest BCUT2D eigenvalue weighted by Crippen LogP contribution is -2.31. The minimum absolute atomic E-state index is 0.0310. The molecule has 0 saturated heterocycles. The van der Waals surface area contributed by atoms with Crippen molar-refractivity contribution >= 4 is 46.8 Å². The Morgan fingerprint density at radius 1 is 1.50 bits per heavy atom. The number of hydrogen-bond acceptors (Lipinski definition) is 4. The Balaban J connectivity index is 2.47. The van der Waals surface area contributed by atoms with E-state index in [1.165, 1.54) is 0 Å². The van der Waals surface area contributed by atoms with Crippen molar-refractivity contribution in [2.45, 2.75) is 12.3 Å². The van der Waals surface area contributed by atoms with Gasteiger partial charge in [-0.1, -0.05) is 47.1 Å². The number of primary amides is 1. The summed E-state index contributed by atoms with van der Waals surface area (Å²) in [6.07, 6.45) is 0.0869. The Morgan fingerprint density at radius 3 is 2.86 bits per heavy atom. The summed E-state index contributed by atoms with van der Waals surface area (Å²) in [5.74, 6) is -1.32. The first kappa shape index (κ1) is 16.7. The summed E-state index contributed by atoms with van der Waals surface area (Å²) in [4.78, 5) is 22.8. The maximum atomic E-state index is 11.9. The van der Waals surface area contributed by atoms with Gasteiger partial charge in [-0.15, -0.1) is 0 Å². The molecule has 0 fully saturated rings. The third-order valence-corrected chi connectivity index (χ3v) is 4.94. The zero-order valence-corrected chi connectivity index (χ0v) is 13.6. The predicted octanol–water partition coefficient (Wildman–Crippen LogP) is 2.55. The highest BCUT2D eigenvalue weighted by Crippen LogP contribution is 2.40. The summed E-state index contributed by atoms with van der Waals surface area (Å²) in [5.41, 5.74) is 6.06. The van der Waals surface area contributed by atoms with E-state index in [2.05, 4.69) is 11.4 Å². The molecule has 1 aliphatic rings. The maximum absolute atomic E-state index is 11.9. The first-order chi connectivity index (χ1) is 10.4. The van der Waals surface area contributed by atoms with Crippen LogP contribution in [0.3, 0.4) is 0 Å². The summed E-state index contributed by atoms with van der Waals surface area (Å²) < 4.78 is 0. The molecule has 2 amide bonds. The molecule has 22 heavy (non-hydrogen) atoms. The van der Waals surface area contributed by atoms with Gasteiger partial charge in [-0.05, 0) is 11.6 Å². The van der Waals surface area contributed by atoms with Gasteiger partial charge in [-0.2, -0.15) is 5.26 Å². The van der Waals surface area contributed by atoms with Crippen LogP contribution in [0.15, 0.2) is 28.8 Å². The monoisotopic (exact) mass is 355 g/mol. The quantitative estimate of drug-likeness (QED) is 0.867. The molecule has 2 rings (SSSR count). The number of nitrogens with zero attached hydrogens (tertiary/aromatic N) is 1. The highest BCUT2D eigenvalue weighted by atomic mass is 35.5. The van der Waals surface area contributed by atoms with Gasteiger partial charge in [0.15, 0.2) is 0 Å². The SMILES string of the molecule is N#CC1=C(SCC(N)=O)NC(=O)C[C@@H]1c1cccc(Cl)c1Cl. The minimum Gasteiger partial charge on any atom is -0.369 e. The number of rotatable bonds is 4. The van der Waals surface area contributed by atoms with Gasteiger partial charge in [0.1, 0.15) is 0 Å². The first-order valence-electron chi connectivity index (χ1n) is 6.23. The molecule has 1 aromatic carbocycles. The first-order valence-corrected chi connectivity index (χ1v) is 7.97. The van der Waals surface area contributed by atoms with Crippen LogP contribution < -0.4 is 11.1 Å². The van der Waals surface area contributed by atoms with E-state index < -0.39 is 11.8 Å². The molecule has 1 aliphatic heterocycles. The van der Waals surface area contributed by atoms with Crippen molar-refractivity contribution in [1.82, 2.24) is 5.32 Å². The molecule has 114 valence electrons. The minimum atomic E-state index is -0.535. The number of benzene rings is 1. The van der Waals surface area contributed by atoms with E-state index in [0.29, 0.717) is 26.2 Å². The van der Waals surface area contributed by atoms with E-state index in [-0.39, 0.29) is 18.1 Å². The van der Waals surface area contributed by atoms with Crippen molar-refractivity contribution in [2.75, 3.05) is 5.75 Å². The Kier molecular flexibility index (Phi) is 5.35. The lowest BCUT2D eigenvalue weighted by atomic mass is 9.87. The van der Waals surface area contributed by atoms with Crippen LogP contribution in [0.2, 0.25) is 10.0 Å². The van der Waals surface area contributed by atoms with E-state index in [9.17, 15) is 14.9 Å². The summed E-state index contributed by atoms with van der Waals surface area (Å²) in [6, 6.07) is 7.15. The van der Waals surface area contributed by atoms with Gasteiger partial charge >= 0.3 is 0 Å². The second-order valence-corrected chi connectivity index (χ2v) is 6.33. The molecule has 0 saturated carbocycles. The van der Waals surface area contributed by atoms with Crippen molar-refractivity contribution in [3.05, 3.63) is 44.4 Å². The molecule has 1 aromatic rings. The maximum Gasteiger partial charge on any atom is 0.227 e. The molecule has 5 nitrogen and oxygen atoms in total. The summed E-state index contributed by atoms with van der Waals surface area (Å²) in [7, 11) is 0. The van der Waals surface area contributed by atoms with E-state index in [1.54, 1.807) is 18.2 Å². The number of thioether (sulfide) groups is 1. The molecule has 0 aromatic heterocycles. The van der Waals surface area contributed by atoms with Crippen molar-refractivity contribution in [1.29, 1.82) is 5.26 Å². The molecule has 0 radical (unpaired) electrons. The zero-order valence-electron chi connectivity index (χ0n) is 11.2. The molecule has 8 heteroatoms. The number of nitrogens with one attached hydrogen (secondary N) is 1. The average molecular weight is 356 g/mol. The van der Waals surface area contributed by atoms with Crippen LogP contribution in [0.1, 0.15) is 17.9 Å². The van der Waals surface area contributed by atoms with Gasteiger partial charge < -0.3 is 11.1 Å². The number of amides is 2. The molecule has 0 bridgehead atoms. The fraction of sp³-hybridized carbons (Fsp3) is 0.214. The van der Waals surface area contributed by atoms with Gasteiger partial charge in [0.05, 0.1) is 32.5 Å². The molecule has 1 atom stereocenters. The van der Waals surface area contributed by atoms with Gasteiger partial charge in [0.2, 0.25) is 11.8 Å². The normalized spacial score (nSPS) is 17.9. The molecular formula is C14H11Cl2N3O2S. The van der Waals surface area contributed by atoms with Crippen molar-refractivity contribution in [3.8, 4) is 6.07 Å². The second-order valence-electron chi connectivity index (χ2n) is 4.56. The lowest BCUT2D eigenvalue weighted by molar-refractivity contribution is -0.121. The molecule has 0 aliphatic carbocycles. The highest BCUT2D eigenvalue weighted by molar-refractivity contribution is 8.03. The smallest absolute Gasteiger partial charge is 0.227 e. The number of halogens is 2. The Labute approximate surface area is 141 Å². The summed E-state index contributed by atoms with van der Waals surface area (Å²) in [6.45, 7) is 0. The molecule has 1 heterocycles. The molecule has 3 N–H and O–H groups in total. The largest absolute Gasteiger partial charge is 0.369 e. The van der Waals surface area contributed by atoms with Crippen LogP contribution in [0.5, 0.6) is 0 Å². The van der Waals surface area contributed by atoms with E-state index in [4.69, 9.17) is 28.9 Å². The van der Waals surface area contributed by atoms with Crippen LogP contribution in [0.25, 0.3) is 0 Å². The number of carbonyl (C=O) groups is 2. The fourth-order valence-corrected chi connectivity index (χ4v) is 3.39. The topological polar surface area (TPSA) is 96.0 Å². The van der Waals surface area contributed by atoms with E-state index in [0.717, 1.165) is 11.8 Å². The van der Waals surface area contributed by atoms with Crippen LogP contribution in [0.4, 0.5) is 0 Å². The fourth-order valence-electron chi connectivity index (χ4n) is 2.13. The molecule has 0 spiro atoms. The van der Waals surface area contributed by atoms with Crippen LogP contribution >= 0.6 is 35.0 Å². The van der Waals surface area contributed by atoms with Crippen LogP contribution in [-0.2, 0) is 9.59 Å². The van der Waals surface area contributed by atoms with Gasteiger partial charge in [0, 0.05) is 12.3 Å². The molecular weight excluding hydrogens is 345 g/mol. The Hall–Kier alpha value is -1.68. The van der Waals surface area contributed by atoms with Gasteiger partial charge in [-0.3, -0.25) is 9.59 Å². The van der Waals surface area contributed by atoms with Crippen molar-refractivity contribution < 1.29 is 9.59 Å². The predicted molar refractivity (Wildman–Crippen MR) is 86.3 cm³/mol. The third-order valence-electron chi connectivity index (χ3n) is 3.07. The number of allylic oxidation sites excluding steroid dienone is 1. The Morgan fingerprint density at radius 2 is 2.23 bits per heavy atom. The van der Waals surface area contributed by atoms with Crippen molar-refractivity contribution in [2.24, 2.45) is 5.73 Å². The lowest BCUT2D eigenvalue weighted by Gasteiger charge is -2.25. The van der Waals surface area contributed by atoms with E-state index in [1.807, 2.05) is 0 Å².